The highest BCUT2D eigenvalue weighted by molar-refractivity contribution is 6.30. The van der Waals surface area contributed by atoms with Gasteiger partial charge in [0.2, 0.25) is 0 Å². The molecule has 0 radical (unpaired) electrons. The summed E-state index contributed by atoms with van der Waals surface area (Å²) in [5.41, 5.74) is 3.04. The molecule has 3 nitrogen and oxygen atoms in total. The molecule has 0 bridgehead atoms. The average Bonchev–Trinajstić information content (AvgIpc) is 2.41. The fourth-order valence-corrected chi connectivity index (χ4v) is 2.23. The molecule has 0 amide bonds. The molecule has 104 valence electrons. The first kappa shape index (κ1) is 14.4. The van der Waals surface area contributed by atoms with Crippen LogP contribution in [0, 0.1) is 6.92 Å². The fraction of sp³-hybridized carbons (Fsp3) is 0.188. The maximum atomic E-state index is 11.3. The molecule has 2 aromatic rings. The Kier molecular flexibility index (Phi) is 4.30. The van der Waals surface area contributed by atoms with Crippen LogP contribution < -0.4 is 4.90 Å². The summed E-state index contributed by atoms with van der Waals surface area (Å²) in [4.78, 5) is 13.3. The second-order valence-corrected chi connectivity index (χ2v) is 5.24. The lowest BCUT2D eigenvalue weighted by Crippen LogP contribution is -2.19. The fourth-order valence-electron chi connectivity index (χ4n) is 2.10. The number of carboxylic acid groups (broad SMARTS) is 1. The number of carbonyl (C=O) groups is 1. The lowest BCUT2D eigenvalue weighted by atomic mass is 10.1. The van der Waals surface area contributed by atoms with Gasteiger partial charge in [-0.05, 0) is 36.8 Å². The van der Waals surface area contributed by atoms with Crippen molar-refractivity contribution < 1.29 is 9.90 Å². The van der Waals surface area contributed by atoms with E-state index in [2.05, 4.69) is 0 Å². The van der Waals surface area contributed by atoms with Gasteiger partial charge in [-0.25, -0.2) is 4.79 Å². The highest BCUT2D eigenvalue weighted by atomic mass is 35.5. The van der Waals surface area contributed by atoms with Crippen molar-refractivity contribution >= 4 is 23.3 Å². The third-order valence-electron chi connectivity index (χ3n) is 3.13. The predicted octanol–water partition coefficient (Wildman–Crippen LogP) is 3.98. The molecule has 2 aromatic carbocycles. The molecular formula is C16H16ClNO2. The van der Waals surface area contributed by atoms with Crippen LogP contribution in [0.4, 0.5) is 5.69 Å². The van der Waals surface area contributed by atoms with Crippen LogP contribution >= 0.6 is 11.6 Å². The van der Waals surface area contributed by atoms with Gasteiger partial charge in [-0.1, -0.05) is 35.4 Å². The quantitative estimate of drug-likeness (QED) is 0.925. The molecule has 0 atom stereocenters. The lowest BCUT2D eigenvalue weighted by molar-refractivity contribution is 0.0697. The maximum absolute atomic E-state index is 11.3. The van der Waals surface area contributed by atoms with Gasteiger partial charge in [-0.3, -0.25) is 0 Å². The summed E-state index contributed by atoms with van der Waals surface area (Å²) in [6.45, 7) is 2.51. The Morgan fingerprint density at radius 1 is 1.20 bits per heavy atom. The zero-order chi connectivity index (χ0) is 14.7. The van der Waals surface area contributed by atoms with E-state index in [0.29, 0.717) is 22.8 Å². The van der Waals surface area contributed by atoms with Gasteiger partial charge in [0.25, 0.3) is 0 Å². The number of halogens is 1. The van der Waals surface area contributed by atoms with Crippen LogP contribution in [0.3, 0.4) is 0 Å². The van der Waals surface area contributed by atoms with Crippen LogP contribution in [0.15, 0.2) is 42.5 Å². The Balaban J connectivity index is 2.27. The molecule has 0 heterocycles. The van der Waals surface area contributed by atoms with Gasteiger partial charge in [0.1, 0.15) is 0 Å². The molecule has 0 aliphatic carbocycles. The summed E-state index contributed by atoms with van der Waals surface area (Å²) in [6.07, 6.45) is 0. The maximum Gasteiger partial charge on any atom is 0.337 e. The summed E-state index contributed by atoms with van der Waals surface area (Å²) in [5.74, 6) is -0.911. The highest BCUT2D eigenvalue weighted by Crippen LogP contribution is 2.23. The highest BCUT2D eigenvalue weighted by Gasteiger charge is 2.13. The third kappa shape index (κ3) is 3.31. The van der Waals surface area contributed by atoms with E-state index >= 15 is 0 Å². The Bertz CT molecular complexity index is 623. The number of aryl methyl sites for hydroxylation is 1. The largest absolute Gasteiger partial charge is 0.478 e. The Morgan fingerprint density at radius 3 is 2.45 bits per heavy atom. The molecule has 0 saturated carbocycles. The minimum atomic E-state index is -0.911. The van der Waals surface area contributed by atoms with Gasteiger partial charge in [0.15, 0.2) is 0 Å². The smallest absolute Gasteiger partial charge is 0.337 e. The van der Waals surface area contributed by atoms with Crippen LogP contribution in [0.25, 0.3) is 0 Å². The number of rotatable bonds is 4. The number of nitrogens with zero attached hydrogens (tertiary/aromatic N) is 1. The van der Waals surface area contributed by atoms with Crippen LogP contribution in [0.2, 0.25) is 5.02 Å². The minimum absolute atomic E-state index is 0.321. The number of anilines is 1. The monoisotopic (exact) mass is 289 g/mol. The van der Waals surface area contributed by atoms with E-state index in [-0.39, 0.29) is 0 Å². The van der Waals surface area contributed by atoms with E-state index < -0.39 is 5.97 Å². The summed E-state index contributed by atoms with van der Waals surface area (Å²) < 4.78 is 0. The van der Waals surface area contributed by atoms with Crippen molar-refractivity contribution in [1.29, 1.82) is 0 Å². The van der Waals surface area contributed by atoms with Crippen molar-refractivity contribution in [2.45, 2.75) is 13.5 Å². The second-order valence-electron chi connectivity index (χ2n) is 4.81. The average molecular weight is 290 g/mol. The topological polar surface area (TPSA) is 40.5 Å². The number of benzene rings is 2. The summed E-state index contributed by atoms with van der Waals surface area (Å²) >= 11 is 5.86. The van der Waals surface area contributed by atoms with E-state index in [1.54, 1.807) is 6.07 Å². The van der Waals surface area contributed by atoms with E-state index in [1.165, 1.54) is 0 Å². The minimum Gasteiger partial charge on any atom is -0.478 e. The van der Waals surface area contributed by atoms with Crippen LogP contribution in [-0.4, -0.2) is 18.1 Å². The molecule has 0 unspecified atom stereocenters. The van der Waals surface area contributed by atoms with Crippen molar-refractivity contribution in [2.24, 2.45) is 0 Å². The molecule has 1 N–H and O–H groups in total. The number of aromatic carboxylic acids is 1. The first-order valence-corrected chi connectivity index (χ1v) is 6.64. The van der Waals surface area contributed by atoms with Gasteiger partial charge in [0.05, 0.1) is 11.3 Å². The predicted molar refractivity (Wildman–Crippen MR) is 81.7 cm³/mol. The first-order valence-electron chi connectivity index (χ1n) is 6.27. The van der Waals surface area contributed by atoms with Crippen molar-refractivity contribution in [3.63, 3.8) is 0 Å². The van der Waals surface area contributed by atoms with Gasteiger partial charge >= 0.3 is 5.97 Å². The van der Waals surface area contributed by atoms with Gasteiger partial charge in [-0.15, -0.1) is 0 Å². The lowest BCUT2D eigenvalue weighted by Gasteiger charge is -2.21. The van der Waals surface area contributed by atoms with Crippen molar-refractivity contribution in [3.8, 4) is 0 Å². The Hall–Kier alpha value is -2.00. The molecular weight excluding hydrogens is 274 g/mol. The molecule has 0 aromatic heterocycles. The molecule has 4 heteroatoms. The third-order valence-corrected chi connectivity index (χ3v) is 3.38. The van der Waals surface area contributed by atoms with Crippen LogP contribution in [0.5, 0.6) is 0 Å². The summed E-state index contributed by atoms with van der Waals surface area (Å²) in [6, 6.07) is 13.0. The molecule has 0 aliphatic heterocycles. The molecule has 20 heavy (non-hydrogen) atoms. The second kappa shape index (κ2) is 5.97. The molecule has 0 spiro atoms. The molecule has 0 saturated heterocycles. The molecule has 2 rings (SSSR count). The summed E-state index contributed by atoms with van der Waals surface area (Å²) in [7, 11) is 1.88. The van der Waals surface area contributed by atoms with E-state index in [4.69, 9.17) is 11.6 Å². The standard InChI is InChI=1S/C16H16ClNO2/c1-11-3-8-15(14(9-11)16(19)20)18(2)10-12-4-6-13(17)7-5-12/h3-9H,10H2,1-2H3,(H,19,20). The van der Waals surface area contributed by atoms with Crippen LogP contribution in [0.1, 0.15) is 21.5 Å². The first-order chi connectivity index (χ1) is 9.47. The SMILES string of the molecule is Cc1ccc(N(C)Cc2ccc(Cl)cc2)c(C(=O)O)c1. The van der Waals surface area contributed by atoms with Crippen molar-refractivity contribution in [1.82, 2.24) is 0 Å². The number of carboxylic acids is 1. The van der Waals surface area contributed by atoms with E-state index in [0.717, 1.165) is 11.1 Å². The van der Waals surface area contributed by atoms with Gasteiger partial charge in [-0.2, -0.15) is 0 Å². The van der Waals surface area contributed by atoms with Crippen molar-refractivity contribution in [2.75, 3.05) is 11.9 Å². The summed E-state index contributed by atoms with van der Waals surface area (Å²) in [5, 5.41) is 9.99. The Morgan fingerprint density at radius 2 is 1.85 bits per heavy atom. The van der Waals surface area contributed by atoms with Gasteiger partial charge < -0.3 is 10.0 Å². The molecule has 0 aliphatic rings. The number of hydrogen-bond acceptors (Lipinski definition) is 2. The Labute approximate surface area is 123 Å². The normalized spacial score (nSPS) is 10.3. The van der Waals surface area contributed by atoms with Crippen LogP contribution in [-0.2, 0) is 6.54 Å². The van der Waals surface area contributed by atoms with Crippen molar-refractivity contribution in [3.05, 3.63) is 64.2 Å². The number of hydrogen-bond donors (Lipinski definition) is 1. The zero-order valence-corrected chi connectivity index (χ0v) is 12.2. The van der Waals surface area contributed by atoms with E-state index in [9.17, 15) is 9.90 Å². The molecule has 0 fully saturated rings. The van der Waals surface area contributed by atoms with E-state index in [1.807, 2.05) is 55.3 Å². The zero-order valence-electron chi connectivity index (χ0n) is 11.4. The van der Waals surface area contributed by atoms with Gasteiger partial charge in [0, 0.05) is 18.6 Å².